The molecule has 5 nitrogen and oxygen atoms in total. The van der Waals surface area contributed by atoms with E-state index in [0.717, 1.165) is 49.9 Å². The van der Waals surface area contributed by atoms with Crippen LogP contribution in [0.4, 0.5) is 11.6 Å². The Morgan fingerprint density at radius 3 is 2.57 bits per heavy atom. The lowest BCUT2D eigenvalue weighted by Crippen LogP contribution is -2.31. The minimum Gasteiger partial charge on any atom is -0.354 e. The van der Waals surface area contributed by atoms with E-state index in [9.17, 15) is 0 Å². The number of rotatable bonds is 2. The average Bonchev–Trinajstić information content (AvgIpc) is 2.74. The molecule has 3 heterocycles. The molecule has 0 N–H and O–H groups in total. The Labute approximate surface area is 129 Å². The lowest BCUT2D eigenvalue weighted by atomic mass is 10.3. The molecule has 1 fully saturated rings. The van der Waals surface area contributed by atoms with E-state index >= 15 is 0 Å². The lowest BCUT2D eigenvalue weighted by Gasteiger charge is -2.23. The zero-order valence-corrected chi connectivity index (χ0v) is 12.8. The molecule has 0 aromatic carbocycles. The van der Waals surface area contributed by atoms with Crippen LogP contribution in [0.5, 0.6) is 0 Å². The predicted molar refractivity (Wildman–Crippen MR) is 85.1 cm³/mol. The van der Waals surface area contributed by atoms with Gasteiger partial charge in [0.25, 0.3) is 0 Å². The van der Waals surface area contributed by atoms with Gasteiger partial charge in [0.05, 0.1) is 10.7 Å². The third-order valence-electron chi connectivity index (χ3n) is 3.64. The van der Waals surface area contributed by atoms with Crippen LogP contribution in [0.25, 0.3) is 0 Å². The number of halogens is 1. The highest BCUT2D eigenvalue weighted by molar-refractivity contribution is 6.32. The largest absolute Gasteiger partial charge is 0.354 e. The van der Waals surface area contributed by atoms with Gasteiger partial charge in [0.1, 0.15) is 5.82 Å². The molecule has 6 heteroatoms. The van der Waals surface area contributed by atoms with Crippen molar-refractivity contribution in [3.8, 4) is 0 Å². The van der Waals surface area contributed by atoms with Gasteiger partial charge in [-0.15, -0.1) is 5.10 Å². The van der Waals surface area contributed by atoms with Gasteiger partial charge in [-0.05, 0) is 37.6 Å². The maximum atomic E-state index is 6.24. The summed E-state index contributed by atoms with van der Waals surface area (Å²) in [5, 5.41) is 9.12. The number of hydrogen-bond acceptors (Lipinski definition) is 5. The summed E-state index contributed by atoms with van der Waals surface area (Å²) in [6.45, 7) is 5.65. The van der Waals surface area contributed by atoms with Gasteiger partial charge in [0.2, 0.25) is 0 Å². The van der Waals surface area contributed by atoms with E-state index in [4.69, 9.17) is 11.6 Å². The van der Waals surface area contributed by atoms with Gasteiger partial charge >= 0.3 is 0 Å². The molecular weight excluding hydrogens is 286 g/mol. The maximum absolute atomic E-state index is 6.24. The van der Waals surface area contributed by atoms with E-state index in [0.29, 0.717) is 5.02 Å². The standard InChI is InChI=1S/C15H18ClN5/c1-12-5-6-14(19-18-12)20-8-3-9-21(11-10-20)15-13(16)4-2-7-17-15/h2,4-7H,3,8-11H2,1H3. The molecule has 2 aromatic heterocycles. The normalized spacial score (nSPS) is 15.9. The maximum Gasteiger partial charge on any atom is 0.151 e. The van der Waals surface area contributed by atoms with Crippen LogP contribution in [0, 0.1) is 6.92 Å². The molecule has 0 amide bonds. The monoisotopic (exact) mass is 303 g/mol. The van der Waals surface area contributed by atoms with E-state index in [1.54, 1.807) is 6.20 Å². The highest BCUT2D eigenvalue weighted by Crippen LogP contribution is 2.24. The first-order valence-corrected chi connectivity index (χ1v) is 7.52. The third-order valence-corrected chi connectivity index (χ3v) is 3.94. The highest BCUT2D eigenvalue weighted by Gasteiger charge is 2.18. The smallest absolute Gasteiger partial charge is 0.151 e. The molecule has 0 unspecified atom stereocenters. The minimum atomic E-state index is 0.709. The highest BCUT2D eigenvalue weighted by atomic mass is 35.5. The molecule has 0 atom stereocenters. The van der Waals surface area contributed by atoms with Crippen molar-refractivity contribution in [1.29, 1.82) is 0 Å². The second-order valence-electron chi connectivity index (χ2n) is 5.17. The molecule has 1 saturated heterocycles. The topological polar surface area (TPSA) is 45.2 Å². The van der Waals surface area contributed by atoms with Crippen LogP contribution in [0.1, 0.15) is 12.1 Å². The number of nitrogens with zero attached hydrogens (tertiary/aromatic N) is 5. The van der Waals surface area contributed by atoms with E-state index in [-0.39, 0.29) is 0 Å². The van der Waals surface area contributed by atoms with Gasteiger partial charge in [0, 0.05) is 32.4 Å². The molecule has 1 aliphatic rings. The van der Waals surface area contributed by atoms with Gasteiger partial charge in [-0.25, -0.2) is 4.98 Å². The van der Waals surface area contributed by atoms with Crippen LogP contribution in [-0.2, 0) is 0 Å². The van der Waals surface area contributed by atoms with Crippen molar-refractivity contribution >= 4 is 23.2 Å². The van der Waals surface area contributed by atoms with Crippen LogP contribution >= 0.6 is 11.6 Å². The second kappa shape index (κ2) is 6.26. The van der Waals surface area contributed by atoms with Gasteiger partial charge < -0.3 is 9.80 Å². The van der Waals surface area contributed by atoms with Crippen LogP contribution < -0.4 is 9.80 Å². The van der Waals surface area contributed by atoms with Gasteiger partial charge in [-0.3, -0.25) is 0 Å². The molecule has 3 rings (SSSR count). The summed E-state index contributed by atoms with van der Waals surface area (Å²) < 4.78 is 0. The van der Waals surface area contributed by atoms with Crippen LogP contribution in [0.3, 0.4) is 0 Å². The molecule has 1 aliphatic heterocycles. The Kier molecular flexibility index (Phi) is 4.20. The van der Waals surface area contributed by atoms with Crippen LogP contribution in [0.2, 0.25) is 5.02 Å². The minimum absolute atomic E-state index is 0.709. The Morgan fingerprint density at radius 1 is 1.00 bits per heavy atom. The van der Waals surface area contributed by atoms with E-state index in [1.165, 1.54) is 0 Å². The molecule has 0 saturated carbocycles. The summed E-state index contributed by atoms with van der Waals surface area (Å²) in [4.78, 5) is 8.91. The van der Waals surface area contributed by atoms with Gasteiger partial charge in [-0.1, -0.05) is 11.6 Å². The number of aryl methyl sites for hydroxylation is 1. The molecule has 110 valence electrons. The first-order valence-electron chi connectivity index (χ1n) is 7.15. The first-order chi connectivity index (χ1) is 10.2. The van der Waals surface area contributed by atoms with Crippen LogP contribution in [-0.4, -0.2) is 41.4 Å². The van der Waals surface area contributed by atoms with E-state index < -0.39 is 0 Å². The Bertz CT molecular complexity index is 601. The molecule has 2 aromatic rings. The predicted octanol–water partition coefficient (Wildman–Crippen LogP) is 2.55. The first kappa shape index (κ1) is 14.1. The van der Waals surface area contributed by atoms with Crippen molar-refractivity contribution in [2.24, 2.45) is 0 Å². The van der Waals surface area contributed by atoms with E-state index in [2.05, 4.69) is 25.0 Å². The fraction of sp³-hybridized carbons (Fsp3) is 0.400. The summed E-state index contributed by atoms with van der Waals surface area (Å²) in [7, 11) is 0. The van der Waals surface area contributed by atoms with Gasteiger partial charge in [-0.2, -0.15) is 5.10 Å². The fourth-order valence-electron chi connectivity index (χ4n) is 2.53. The lowest BCUT2D eigenvalue weighted by molar-refractivity contribution is 0.782. The SMILES string of the molecule is Cc1ccc(N2CCCN(c3ncccc3Cl)CC2)nn1. The number of hydrogen-bond donors (Lipinski definition) is 0. The van der Waals surface area contributed by atoms with Crippen molar-refractivity contribution in [2.45, 2.75) is 13.3 Å². The fourth-order valence-corrected chi connectivity index (χ4v) is 2.77. The van der Waals surface area contributed by atoms with Crippen molar-refractivity contribution in [2.75, 3.05) is 36.0 Å². The number of aromatic nitrogens is 3. The zero-order chi connectivity index (χ0) is 14.7. The second-order valence-corrected chi connectivity index (χ2v) is 5.58. The van der Waals surface area contributed by atoms with Crippen molar-refractivity contribution in [3.05, 3.63) is 41.2 Å². The summed E-state index contributed by atoms with van der Waals surface area (Å²) in [5.41, 5.74) is 0.940. The summed E-state index contributed by atoms with van der Waals surface area (Å²) in [5.74, 6) is 1.81. The Morgan fingerprint density at radius 2 is 1.81 bits per heavy atom. The van der Waals surface area contributed by atoms with Crippen LogP contribution in [0.15, 0.2) is 30.5 Å². The average molecular weight is 304 g/mol. The number of anilines is 2. The third kappa shape index (κ3) is 3.24. The summed E-state index contributed by atoms with van der Waals surface area (Å²) >= 11 is 6.24. The molecule has 0 radical (unpaired) electrons. The Balaban J connectivity index is 1.72. The van der Waals surface area contributed by atoms with Crippen molar-refractivity contribution in [3.63, 3.8) is 0 Å². The Hall–Kier alpha value is -1.88. The quantitative estimate of drug-likeness (QED) is 0.853. The molecule has 0 aliphatic carbocycles. The van der Waals surface area contributed by atoms with Gasteiger partial charge in [0.15, 0.2) is 5.82 Å². The zero-order valence-electron chi connectivity index (χ0n) is 12.0. The molecule has 21 heavy (non-hydrogen) atoms. The summed E-state index contributed by atoms with van der Waals surface area (Å²) in [6, 6.07) is 7.78. The van der Waals surface area contributed by atoms with Crippen molar-refractivity contribution in [1.82, 2.24) is 15.2 Å². The van der Waals surface area contributed by atoms with Crippen molar-refractivity contribution < 1.29 is 0 Å². The summed E-state index contributed by atoms with van der Waals surface area (Å²) in [6.07, 6.45) is 2.83. The molecular formula is C15H18ClN5. The molecule has 0 bridgehead atoms. The molecule has 0 spiro atoms. The van der Waals surface area contributed by atoms with E-state index in [1.807, 2.05) is 31.2 Å². The number of pyridine rings is 1.